The number of ether oxygens (including phenoxy) is 2. The average molecular weight is 250 g/mol. The van der Waals surface area contributed by atoms with Crippen LogP contribution in [0.1, 0.15) is 31.4 Å². The normalized spacial score (nSPS) is 24.8. The zero-order valence-electron chi connectivity index (χ0n) is 11.8. The summed E-state index contributed by atoms with van der Waals surface area (Å²) in [5, 5.41) is 9.83. The van der Waals surface area contributed by atoms with E-state index >= 15 is 0 Å². The Morgan fingerprint density at radius 2 is 1.83 bits per heavy atom. The third kappa shape index (κ3) is 1.69. The van der Waals surface area contributed by atoms with Gasteiger partial charge in [0.15, 0.2) is 0 Å². The van der Waals surface area contributed by atoms with Gasteiger partial charge in [0, 0.05) is 17.0 Å². The minimum absolute atomic E-state index is 0.119. The number of benzene rings is 1. The second-order valence-corrected chi connectivity index (χ2v) is 5.82. The Hall–Kier alpha value is -1.22. The van der Waals surface area contributed by atoms with E-state index in [0.717, 1.165) is 29.0 Å². The van der Waals surface area contributed by atoms with Crippen molar-refractivity contribution in [2.45, 2.75) is 32.6 Å². The minimum Gasteiger partial charge on any atom is -0.497 e. The maximum absolute atomic E-state index is 9.83. The first kappa shape index (κ1) is 13.2. The predicted molar refractivity (Wildman–Crippen MR) is 71.4 cm³/mol. The van der Waals surface area contributed by atoms with Crippen LogP contribution >= 0.6 is 0 Å². The van der Waals surface area contributed by atoms with Gasteiger partial charge in [0.2, 0.25) is 0 Å². The fraction of sp³-hybridized carbons (Fsp3) is 0.600. The molecule has 0 heterocycles. The van der Waals surface area contributed by atoms with E-state index < -0.39 is 0 Å². The molecule has 0 amide bonds. The lowest BCUT2D eigenvalue weighted by Gasteiger charge is -2.24. The van der Waals surface area contributed by atoms with Crippen LogP contribution in [-0.2, 0) is 5.41 Å². The van der Waals surface area contributed by atoms with E-state index in [9.17, 15) is 5.11 Å². The van der Waals surface area contributed by atoms with Gasteiger partial charge in [-0.05, 0) is 30.4 Å². The van der Waals surface area contributed by atoms with Crippen molar-refractivity contribution in [3.8, 4) is 11.5 Å². The summed E-state index contributed by atoms with van der Waals surface area (Å²) in [5.41, 5.74) is 2.19. The molecule has 0 spiro atoms. The van der Waals surface area contributed by atoms with Gasteiger partial charge < -0.3 is 14.6 Å². The molecule has 3 heteroatoms. The number of aliphatic hydroxyl groups excluding tert-OH is 1. The van der Waals surface area contributed by atoms with Crippen molar-refractivity contribution < 1.29 is 14.6 Å². The molecule has 0 aliphatic heterocycles. The van der Waals surface area contributed by atoms with Crippen molar-refractivity contribution >= 4 is 0 Å². The highest BCUT2D eigenvalue weighted by Crippen LogP contribution is 2.66. The first-order chi connectivity index (χ1) is 8.41. The smallest absolute Gasteiger partial charge is 0.126 e. The predicted octanol–water partition coefficient (Wildman–Crippen LogP) is 2.67. The Bertz CT molecular complexity index is 465. The van der Waals surface area contributed by atoms with E-state index in [1.165, 1.54) is 0 Å². The van der Waals surface area contributed by atoms with Gasteiger partial charge in [-0.2, -0.15) is 0 Å². The van der Waals surface area contributed by atoms with Gasteiger partial charge in [0.25, 0.3) is 0 Å². The number of aryl methyl sites for hydroxylation is 1. The molecular weight excluding hydrogens is 228 g/mol. The minimum atomic E-state index is -0.172. The molecule has 1 aliphatic carbocycles. The fourth-order valence-electron chi connectivity index (χ4n) is 3.10. The maximum atomic E-state index is 9.83. The highest BCUT2D eigenvalue weighted by atomic mass is 16.5. The van der Waals surface area contributed by atoms with Crippen LogP contribution in [-0.4, -0.2) is 25.9 Å². The van der Waals surface area contributed by atoms with E-state index in [1.807, 2.05) is 19.1 Å². The zero-order chi connectivity index (χ0) is 13.6. The van der Waals surface area contributed by atoms with Crippen molar-refractivity contribution in [3.05, 3.63) is 23.3 Å². The number of rotatable bonds is 4. The molecule has 2 rings (SSSR count). The summed E-state index contributed by atoms with van der Waals surface area (Å²) < 4.78 is 10.8. The monoisotopic (exact) mass is 250 g/mol. The molecule has 0 bridgehead atoms. The Labute approximate surface area is 109 Å². The molecule has 1 aromatic carbocycles. The zero-order valence-corrected chi connectivity index (χ0v) is 11.8. The van der Waals surface area contributed by atoms with Crippen LogP contribution in [0.2, 0.25) is 0 Å². The lowest BCUT2D eigenvalue weighted by Crippen LogP contribution is -2.21. The molecule has 1 aliphatic rings. The summed E-state index contributed by atoms with van der Waals surface area (Å²) in [6, 6.07) is 3.90. The second kappa shape index (κ2) is 4.16. The lowest BCUT2D eigenvalue weighted by molar-refractivity contribution is 0.227. The Morgan fingerprint density at radius 1 is 1.22 bits per heavy atom. The molecule has 3 nitrogen and oxygen atoms in total. The van der Waals surface area contributed by atoms with Crippen LogP contribution < -0.4 is 9.47 Å². The molecule has 1 fully saturated rings. The Balaban J connectivity index is 2.58. The van der Waals surface area contributed by atoms with Gasteiger partial charge in [-0.1, -0.05) is 13.8 Å². The average Bonchev–Trinajstić information content (AvgIpc) is 2.91. The summed E-state index contributed by atoms with van der Waals surface area (Å²) in [6.45, 7) is 6.58. The number of methoxy groups -OCH3 is 2. The Morgan fingerprint density at radius 3 is 2.22 bits per heavy atom. The molecule has 18 heavy (non-hydrogen) atoms. The van der Waals surface area contributed by atoms with Crippen molar-refractivity contribution in [2.75, 3.05) is 20.8 Å². The molecule has 100 valence electrons. The molecule has 1 atom stereocenters. The van der Waals surface area contributed by atoms with Gasteiger partial charge in [0.1, 0.15) is 11.5 Å². The summed E-state index contributed by atoms with van der Waals surface area (Å²) in [7, 11) is 3.31. The third-order valence-corrected chi connectivity index (χ3v) is 4.39. The van der Waals surface area contributed by atoms with Gasteiger partial charge in [-0.25, -0.2) is 0 Å². The SMILES string of the molecule is COc1cc(C)c(C2(CO)CC2(C)C)c(OC)c1. The second-order valence-electron chi connectivity index (χ2n) is 5.82. The molecule has 1 N–H and O–H groups in total. The van der Waals surface area contributed by atoms with Gasteiger partial charge >= 0.3 is 0 Å². The maximum Gasteiger partial charge on any atom is 0.126 e. The third-order valence-electron chi connectivity index (χ3n) is 4.39. The van der Waals surface area contributed by atoms with E-state index in [4.69, 9.17) is 9.47 Å². The van der Waals surface area contributed by atoms with Crippen LogP contribution in [0.3, 0.4) is 0 Å². The molecule has 0 radical (unpaired) electrons. The summed E-state index contributed by atoms with van der Waals surface area (Å²) in [6.07, 6.45) is 0.986. The molecule has 1 aromatic rings. The fourth-order valence-corrected chi connectivity index (χ4v) is 3.10. The highest BCUT2D eigenvalue weighted by molar-refractivity contribution is 5.54. The van der Waals surface area contributed by atoms with Crippen LogP contribution in [0.5, 0.6) is 11.5 Å². The largest absolute Gasteiger partial charge is 0.497 e. The number of hydrogen-bond donors (Lipinski definition) is 1. The van der Waals surface area contributed by atoms with Gasteiger partial charge in [0.05, 0.1) is 20.8 Å². The quantitative estimate of drug-likeness (QED) is 0.893. The van der Waals surface area contributed by atoms with E-state index in [0.29, 0.717) is 0 Å². The lowest BCUT2D eigenvalue weighted by atomic mass is 9.85. The molecular formula is C15H22O3. The summed E-state index contributed by atoms with van der Waals surface area (Å²) in [4.78, 5) is 0. The molecule has 0 saturated heterocycles. The summed E-state index contributed by atoms with van der Waals surface area (Å²) in [5.74, 6) is 1.60. The van der Waals surface area contributed by atoms with Crippen molar-refractivity contribution in [3.63, 3.8) is 0 Å². The highest BCUT2D eigenvalue weighted by Gasteiger charge is 2.63. The van der Waals surface area contributed by atoms with Crippen molar-refractivity contribution in [1.82, 2.24) is 0 Å². The van der Waals surface area contributed by atoms with E-state index in [2.05, 4.69) is 13.8 Å². The first-order valence-electron chi connectivity index (χ1n) is 6.26. The standard InChI is InChI=1S/C15H22O3/c1-10-6-11(17-4)7-12(18-5)13(10)15(9-16)8-14(15,2)3/h6-7,16H,8-9H2,1-5H3. The Kier molecular flexibility index (Phi) is 3.06. The molecule has 1 saturated carbocycles. The van der Waals surface area contributed by atoms with Crippen molar-refractivity contribution in [2.24, 2.45) is 5.41 Å². The molecule has 0 aromatic heterocycles. The number of aliphatic hydroxyl groups is 1. The van der Waals surface area contributed by atoms with Crippen LogP contribution in [0.15, 0.2) is 12.1 Å². The topological polar surface area (TPSA) is 38.7 Å². The van der Waals surface area contributed by atoms with Gasteiger partial charge in [-0.3, -0.25) is 0 Å². The van der Waals surface area contributed by atoms with Crippen molar-refractivity contribution in [1.29, 1.82) is 0 Å². The van der Waals surface area contributed by atoms with E-state index in [1.54, 1.807) is 14.2 Å². The van der Waals surface area contributed by atoms with Crippen LogP contribution in [0.4, 0.5) is 0 Å². The first-order valence-corrected chi connectivity index (χ1v) is 6.26. The summed E-state index contributed by atoms with van der Waals surface area (Å²) >= 11 is 0. The van der Waals surface area contributed by atoms with Gasteiger partial charge in [-0.15, -0.1) is 0 Å². The molecule has 1 unspecified atom stereocenters. The number of hydrogen-bond acceptors (Lipinski definition) is 3. The van der Waals surface area contributed by atoms with E-state index in [-0.39, 0.29) is 17.4 Å². The van der Waals surface area contributed by atoms with Crippen LogP contribution in [0, 0.1) is 12.3 Å². The van der Waals surface area contributed by atoms with Crippen LogP contribution in [0.25, 0.3) is 0 Å².